The molecule has 0 unspecified atom stereocenters. The molecule has 0 saturated carbocycles. The fourth-order valence-electron chi connectivity index (χ4n) is 1.59. The van der Waals surface area contributed by atoms with Crippen LogP contribution >= 0.6 is 0 Å². The number of carbonyl (C=O) groups is 3. The van der Waals surface area contributed by atoms with E-state index in [0.29, 0.717) is 5.56 Å². The summed E-state index contributed by atoms with van der Waals surface area (Å²) in [5.41, 5.74) is 3.02. The molecule has 2 amide bonds. The molecule has 0 aliphatic rings. The number of carbonyl (C=O) groups excluding carboxylic acids is 2. The van der Waals surface area contributed by atoms with Crippen molar-refractivity contribution in [3.05, 3.63) is 59.5 Å². The minimum atomic E-state index is -1.02. The summed E-state index contributed by atoms with van der Waals surface area (Å²) in [6.07, 6.45) is 2.72. The minimum Gasteiger partial charge on any atom is -0.478 e. The Labute approximate surface area is 130 Å². The van der Waals surface area contributed by atoms with Crippen LogP contribution in [0.2, 0.25) is 0 Å². The number of amides is 2. The molecule has 23 heavy (non-hydrogen) atoms. The second kappa shape index (κ2) is 7.55. The van der Waals surface area contributed by atoms with Crippen LogP contribution < -0.4 is 10.7 Å². The number of hydrogen-bond donors (Lipinski definition) is 3. The van der Waals surface area contributed by atoms with E-state index in [1.54, 1.807) is 18.2 Å². The van der Waals surface area contributed by atoms with Gasteiger partial charge < -0.3 is 14.8 Å². The molecule has 0 spiro atoms. The summed E-state index contributed by atoms with van der Waals surface area (Å²) in [4.78, 5) is 33.7. The van der Waals surface area contributed by atoms with Gasteiger partial charge in [-0.2, -0.15) is 5.10 Å². The summed E-state index contributed by atoms with van der Waals surface area (Å²) in [6.45, 7) is -0.255. The van der Waals surface area contributed by atoms with Crippen LogP contribution in [0.15, 0.2) is 52.2 Å². The Kier molecular flexibility index (Phi) is 5.24. The third-order valence-corrected chi connectivity index (χ3v) is 2.71. The smallest absolute Gasteiger partial charge is 0.335 e. The molecule has 0 fully saturated rings. The Morgan fingerprint density at radius 2 is 1.91 bits per heavy atom. The van der Waals surface area contributed by atoms with Crippen LogP contribution in [-0.4, -0.2) is 35.6 Å². The zero-order valence-corrected chi connectivity index (χ0v) is 11.9. The number of rotatable bonds is 6. The predicted molar refractivity (Wildman–Crippen MR) is 80.2 cm³/mol. The summed E-state index contributed by atoms with van der Waals surface area (Å²) in [7, 11) is 0. The van der Waals surface area contributed by atoms with Crippen molar-refractivity contribution < 1.29 is 23.9 Å². The van der Waals surface area contributed by atoms with Crippen molar-refractivity contribution in [1.29, 1.82) is 0 Å². The van der Waals surface area contributed by atoms with E-state index >= 15 is 0 Å². The highest BCUT2D eigenvalue weighted by Crippen LogP contribution is 2.02. The highest BCUT2D eigenvalue weighted by molar-refractivity contribution is 5.94. The second-order valence-electron chi connectivity index (χ2n) is 4.38. The van der Waals surface area contributed by atoms with Gasteiger partial charge in [-0.25, -0.2) is 10.2 Å². The van der Waals surface area contributed by atoms with E-state index in [9.17, 15) is 14.4 Å². The number of hydrogen-bond acceptors (Lipinski definition) is 5. The van der Waals surface area contributed by atoms with Crippen LogP contribution in [0.5, 0.6) is 0 Å². The number of benzene rings is 1. The van der Waals surface area contributed by atoms with Gasteiger partial charge in [0.05, 0.1) is 24.6 Å². The highest BCUT2D eigenvalue weighted by atomic mass is 16.4. The van der Waals surface area contributed by atoms with Gasteiger partial charge in [0, 0.05) is 0 Å². The lowest BCUT2D eigenvalue weighted by Crippen LogP contribution is -2.34. The van der Waals surface area contributed by atoms with Crippen LogP contribution in [0, 0.1) is 0 Å². The zero-order valence-electron chi connectivity index (χ0n) is 11.9. The van der Waals surface area contributed by atoms with E-state index in [0.717, 1.165) is 0 Å². The Balaban J connectivity index is 1.77. The largest absolute Gasteiger partial charge is 0.478 e. The van der Waals surface area contributed by atoms with Gasteiger partial charge in [-0.05, 0) is 29.8 Å². The van der Waals surface area contributed by atoms with Crippen molar-refractivity contribution in [2.75, 3.05) is 6.54 Å². The Morgan fingerprint density at radius 3 is 2.52 bits per heavy atom. The monoisotopic (exact) mass is 315 g/mol. The molecule has 1 aromatic carbocycles. The molecule has 0 atom stereocenters. The summed E-state index contributed by atoms with van der Waals surface area (Å²) < 4.78 is 4.88. The van der Waals surface area contributed by atoms with Crippen molar-refractivity contribution in [3.8, 4) is 0 Å². The van der Waals surface area contributed by atoms with Gasteiger partial charge in [0.2, 0.25) is 0 Å². The fourth-order valence-corrected chi connectivity index (χ4v) is 1.59. The van der Waals surface area contributed by atoms with E-state index in [-0.39, 0.29) is 17.9 Å². The van der Waals surface area contributed by atoms with Crippen molar-refractivity contribution in [2.45, 2.75) is 0 Å². The van der Waals surface area contributed by atoms with E-state index < -0.39 is 17.8 Å². The van der Waals surface area contributed by atoms with Gasteiger partial charge in [-0.1, -0.05) is 12.1 Å². The van der Waals surface area contributed by atoms with Gasteiger partial charge in [0.15, 0.2) is 5.76 Å². The van der Waals surface area contributed by atoms with E-state index in [2.05, 4.69) is 15.8 Å². The molecule has 2 rings (SSSR count). The molecule has 3 N–H and O–H groups in total. The molecule has 118 valence electrons. The van der Waals surface area contributed by atoms with Gasteiger partial charge in [0.1, 0.15) is 0 Å². The Hall–Kier alpha value is -3.42. The molecular formula is C15H13N3O5. The van der Waals surface area contributed by atoms with Crippen molar-refractivity contribution in [1.82, 2.24) is 10.7 Å². The standard InChI is InChI=1S/C15H13N3O5/c19-13(9-16-14(20)12-2-1-7-23-12)18-17-8-10-3-5-11(6-4-10)15(21)22/h1-8H,9H2,(H,16,20)(H,18,19)(H,21,22)/b17-8-. The number of hydrazone groups is 1. The summed E-state index contributed by atoms with van der Waals surface area (Å²) >= 11 is 0. The maximum Gasteiger partial charge on any atom is 0.335 e. The lowest BCUT2D eigenvalue weighted by molar-refractivity contribution is -0.120. The molecule has 0 aliphatic heterocycles. The minimum absolute atomic E-state index is 0.111. The highest BCUT2D eigenvalue weighted by Gasteiger charge is 2.09. The molecule has 2 aromatic rings. The topological polar surface area (TPSA) is 121 Å². The maximum absolute atomic E-state index is 11.5. The van der Waals surface area contributed by atoms with Gasteiger partial charge >= 0.3 is 5.97 Å². The van der Waals surface area contributed by atoms with Crippen molar-refractivity contribution >= 4 is 24.0 Å². The van der Waals surface area contributed by atoms with Crippen molar-refractivity contribution in [2.24, 2.45) is 5.10 Å². The van der Waals surface area contributed by atoms with E-state index in [1.165, 1.54) is 30.7 Å². The first-order valence-corrected chi connectivity index (χ1v) is 6.53. The van der Waals surface area contributed by atoms with Crippen LogP contribution in [0.1, 0.15) is 26.5 Å². The van der Waals surface area contributed by atoms with Crippen LogP contribution in [0.3, 0.4) is 0 Å². The number of furan rings is 1. The van der Waals surface area contributed by atoms with Crippen LogP contribution in [0.25, 0.3) is 0 Å². The third-order valence-electron chi connectivity index (χ3n) is 2.71. The zero-order chi connectivity index (χ0) is 16.7. The average Bonchev–Trinajstić information content (AvgIpc) is 3.07. The Bertz CT molecular complexity index is 720. The quantitative estimate of drug-likeness (QED) is 0.539. The van der Waals surface area contributed by atoms with Gasteiger partial charge in [-0.15, -0.1) is 0 Å². The first-order valence-electron chi connectivity index (χ1n) is 6.53. The molecule has 1 aromatic heterocycles. The predicted octanol–water partition coefficient (Wildman–Crippen LogP) is 0.858. The number of carboxylic acid groups (broad SMARTS) is 1. The van der Waals surface area contributed by atoms with Crippen molar-refractivity contribution in [3.63, 3.8) is 0 Å². The molecule has 8 nitrogen and oxygen atoms in total. The van der Waals surface area contributed by atoms with Gasteiger partial charge in [-0.3, -0.25) is 9.59 Å². The van der Waals surface area contributed by atoms with E-state index in [4.69, 9.17) is 9.52 Å². The second-order valence-corrected chi connectivity index (χ2v) is 4.38. The third kappa shape index (κ3) is 4.81. The summed E-state index contributed by atoms with van der Waals surface area (Å²) in [6, 6.07) is 9.00. The Morgan fingerprint density at radius 1 is 1.17 bits per heavy atom. The fraction of sp³-hybridized carbons (Fsp3) is 0.0667. The SMILES string of the molecule is O=C(CNC(=O)c1ccco1)N/N=C\c1ccc(C(=O)O)cc1. The van der Waals surface area contributed by atoms with E-state index in [1.807, 2.05) is 0 Å². The molecule has 8 heteroatoms. The lowest BCUT2D eigenvalue weighted by Gasteiger charge is -2.01. The summed E-state index contributed by atoms with van der Waals surface area (Å²) in [5, 5.41) is 14.8. The maximum atomic E-state index is 11.5. The lowest BCUT2D eigenvalue weighted by atomic mass is 10.1. The molecule has 0 saturated heterocycles. The van der Waals surface area contributed by atoms with Crippen LogP contribution in [0.4, 0.5) is 0 Å². The average molecular weight is 315 g/mol. The molecule has 0 bridgehead atoms. The first kappa shape index (κ1) is 16.0. The molecule has 1 heterocycles. The number of aromatic carboxylic acids is 1. The van der Waals surface area contributed by atoms with Crippen LogP contribution in [-0.2, 0) is 4.79 Å². The summed E-state index contributed by atoms with van der Waals surface area (Å²) in [5.74, 6) is -1.92. The number of nitrogens with zero attached hydrogens (tertiary/aromatic N) is 1. The molecule has 0 radical (unpaired) electrons. The van der Waals surface area contributed by atoms with Gasteiger partial charge in [0.25, 0.3) is 11.8 Å². The molecular weight excluding hydrogens is 302 g/mol. The first-order chi connectivity index (χ1) is 11.1. The normalized spacial score (nSPS) is 10.4. The molecule has 0 aliphatic carbocycles. The number of carboxylic acids is 1. The number of nitrogens with one attached hydrogen (secondary N) is 2.